The minimum Gasteiger partial charge on any atom is -0.395 e. The number of thioether (sulfide) groups is 1. The van der Waals surface area contributed by atoms with Crippen molar-refractivity contribution in [2.75, 3.05) is 18.6 Å². The molecule has 1 atom stereocenters. The Hall–Kier alpha value is -0.100. The molecule has 0 aromatic carbocycles. The van der Waals surface area contributed by atoms with Gasteiger partial charge in [-0.2, -0.15) is 11.8 Å². The average Bonchev–Trinajstić information content (AvgIpc) is 2.65. The molecule has 0 aliphatic heterocycles. The fourth-order valence-corrected chi connectivity index (χ4v) is 2.48. The highest BCUT2D eigenvalue weighted by molar-refractivity contribution is 7.98. The lowest BCUT2D eigenvalue weighted by Crippen LogP contribution is -2.32. The highest BCUT2D eigenvalue weighted by atomic mass is 32.2. The van der Waals surface area contributed by atoms with Crippen LogP contribution in [-0.4, -0.2) is 34.7 Å². The highest BCUT2D eigenvalue weighted by Gasteiger charge is 2.07. The number of aliphatic hydroxyl groups is 1. The zero-order chi connectivity index (χ0) is 11.1. The summed E-state index contributed by atoms with van der Waals surface area (Å²) in [5.74, 6) is 1.08. The predicted octanol–water partition coefficient (Wildman–Crippen LogP) is 1.66. The van der Waals surface area contributed by atoms with Crippen molar-refractivity contribution in [2.24, 2.45) is 0 Å². The number of nitrogens with one attached hydrogen (secondary N) is 1. The van der Waals surface area contributed by atoms with Crippen molar-refractivity contribution in [3.8, 4) is 0 Å². The number of aryl methyl sites for hydroxylation is 1. The molecule has 1 heterocycles. The van der Waals surface area contributed by atoms with E-state index in [-0.39, 0.29) is 12.6 Å². The number of hydrogen-bond acceptors (Lipinski definition) is 5. The third-order valence-electron chi connectivity index (χ3n) is 2.10. The standard InChI is InChI=1S/C10H18N2OS2/c1-8-7-15-10(12-8)5-11-9(6-13)3-4-14-2/h7,9,11,13H,3-6H2,1-2H3. The summed E-state index contributed by atoms with van der Waals surface area (Å²) in [4.78, 5) is 4.37. The Morgan fingerprint density at radius 2 is 2.47 bits per heavy atom. The van der Waals surface area contributed by atoms with Crippen molar-refractivity contribution in [3.63, 3.8) is 0 Å². The van der Waals surface area contributed by atoms with Gasteiger partial charge in [0, 0.05) is 23.7 Å². The van der Waals surface area contributed by atoms with Crippen molar-refractivity contribution < 1.29 is 5.11 Å². The molecule has 15 heavy (non-hydrogen) atoms. The van der Waals surface area contributed by atoms with Gasteiger partial charge in [0.15, 0.2) is 0 Å². The Bertz CT molecular complexity index is 278. The Kier molecular flexibility index (Phi) is 6.24. The van der Waals surface area contributed by atoms with Gasteiger partial charge in [0.1, 0.15) is 5.01 Å². The number of nitrogens with zero attached hydrogens (tertiary/aromatic N) is 1. The molecule has 2 N–H and O–H groups in total. The van der Waals surface area contributed by atoms with E-state index in [1.54, 1.807) is 23.1 Å². The van der Waals surface area contributed by atoms with Crippen LogP contribution in [-0.2, 0) is 6.54 Å². The maximum Gasteiger partial charge on any atom is 0.107 e. The number of hydrogen-bond donors (Lipinski definition) is 2. The maximum absolute atomic E-state index is 9.15. The van der Waals surface area contributed by atoms with Crippen molar-refractivity contribution >= 4 is 23.1 Å². The van der Waals surface area contributed by atoms with Crippen molar-refractivity contribution in [3.05, 3.63) is 16.1 Å². The number of aromatic nitrogens is 1. The van der Waals surface area contributed by atoms with E-state index in [2.05, 4.69) is 16.6 Å². The van der Waals surface area contributed by atoms with Crippen LogP contribution in [0.1, 0.15) is 17.1 Å². The van der Waals surface area contributed by atoms with E-state index in [0.29, 0.717) is 0 Å². The number of thiazole rings is 1. The Labute approximate surface area is 99.3 Å². The van der Waals surface area contributed by atoms with Crippen LogP contribution in [0.4, 0.5) is 0 Å². The third-order valence-corrected chi connectivity index (χ3v) is 3.71. The van der Waals surface area contributed by atoms with Gasteiger partial charge in [-0.05, 0) is 25.4 Å². The average molecular weight is 246 g/mol. The first kappa shape index (κ1) is 13.0. The molecule has 1 rings (SSSR count). The minimum atomic E-state index is 0.196. The lowest BCUT2D eigenvalue weighted by Gasteiger charge is -2.14. The molecule has 0 saturated carbocycles. The first-order valence-corrected chi connectivity index (χ1v) is 7.27. The van der Waals surface area contributed by atoms with Gasteiger partial charge >= 0.3 is 0 Å². The van der Waals surface area contributed by atoms with Crippen LogP contribution in [0.3, 0.4) is 0 Å². The molecule has 0 aliphatic rings. The zero-order valence-corrected chi connectivity index (χ0v) is 10.8. The van der Waals surface area contributed by atoms with Crippen LogP contribution in [0.2, 0.25) is 0 Å². The molecule has 1 aromatic rings. The molecule has 0 fully saturated rings. The van der Waals surface area contributed by atoms with Crippen molar-refractivity contribution in [1.29, 1.82) is 0 Å². The van der Waals surface area contributed by atoms with Crippen LogP contribution in [0.25, 0.3) is 0 Å². The van der Waals surface area contributed by atoms with Crippen LogP contribution < -0.4 is 5.32 Å². The maximum atomic E-state index is 9.15. The summed E-state index contributed by atoms with van der Waals surface area (Å²) in [6.07, 6.45) is 3.08. The van der Waals surface area contributed by atoms with E-state index in [1.807, 2.05) is 12.3 Å². The minimum absolute atomic E-state index is 0.196. The van der Waals surface area contributed by atoms with Gasteiger partial charge in [0.05, 0.1) is 6.61 Å². The lowest BCUT2D eigenvalue weighted by atomic mass is 10.2. The second kappa shape index (κ2) is 7.22. The van der Waals surface area contributed by atoms with E-state index in [0.717, 1.165) is 29.4 Å². The normalized spacial score (nSPS) is 13.0. The van der Waals surface area contributed by atoms with Gasteiger partial charge in [0.25, 0.3) is 0 Å². The van der Waals surface area contributed by atoms with Crippen LogP contribution in [0, 0.1) is 6.92 Å². The summed E-state index contributed by atoms with van der Waals surface area (Å²) in [5, 5.41) is 15.6. The fraction of sp³-hybridized carbons (Fsp3) is 0.700. The summed E-state index contributed by atoms with van der Waals surface area (Å²) in [6, 6.07) is 0.196. The largest absolute Gasteiger partial charge is 0.395 e. The molecule has 0 aliphatic carbocycles. The van der Waals surface area contributed by atoms with Gasteiger partial charge in [-0.1, -0.05) is 0 Å². The van der Waals surface area contributed by atoms with Gasteiger partial charge in [-0.3, -0.25) is 0 Å². The summed E-state index contributed by atoms with van der Waals surface area (Å²) < 4.78 is 0. The van der Waals surface area contributed by atoms with E-state index in [4.69, 9.17) is 5.11 Å². The Morgan fingerprint density at radius 3 is 3.00 bits per heavy atom. The van der Waals surface area contributed by atoms with Gasteiger partial charge < -0.3 is 10.4 Å². The Balaban J connectivity index is 2.27. The summed E-state index contributed by atoms with van der Waals surface area (Å²) in [6.45, 7) is 2.96. The fourth-order valence-electron chi connectivity index (χ4n) is 1.23. The molecule has 3 nitrogen and oxygen atoms in total. The quantitative estimate of drug-likeness (QED) is 0.768. The van der Waals surface area contributed by atoms with Crippen LogP contribution >= 0.6 is 23.1 Å². The van der Waals surface area contributed by atoms with E-state index < -0.39 is 0 Å². The van der Waals surface area contributed by atoms with Crippen molar-refractivity contribution in [1.82, 2.24) is 10.3 Å². The molecule has 0 amide bonds. The Morgan fingerprint density at radius 1 is 1.67 bits per heavy atom. The summed E-state index contributed by atoms with van der Waals surface area (Å²) in [5.41, 5.74) is 1.07. The molecule has 0 radical (unpaired) electrons. The van der Waals surface area contributed by atoms with E-state index >= 15 is 0 Å². The third kappa shape index (κ3) is 4.97. The van der Waals surface area contributed by atoms with E-state index in [9.17, 15) is 0 Å². The van der Waals surface area contributed by atoms with Crippen LogP contribution in [0.15, 0.2) is 5.38 Å². The first-order chi connectivity index (χ1) is 7.26. The highest BCUT2D eigenvalue weighted by Crippen LogP contribution is 2.09. The van der Waals surface area contributed by atoms with Crippen LogP contribution in [0.5, 0.6) is 0 Å². The summed E-state index contributed by atoms with van der Waals surface area (Å²) in [7, 11) is 0. The molecule has 5 heteroatoms. The monoisotopic (exact) mass is 246 g/mol. The van der Waals surface area contributed by atoms with Gasteiger partial charge in [0.2, 0.25) is 0 Å². The molecular formula is C10H18N2OS2. The van der Waals surface area contributed by atoms with Crippen molar-refractivity contribution in [2.45, 2.75) is 25.9 Å². The second-order valence-corrected chi connectivity index (χ2v) is 5.35. The second-order valence-electron chi connectivity index (χ2n) is 3.42. The number of aliphatic hydroxyl groups excluding tert-OH is 1. The SMILES string of the molecule is CSCCC(CO)NCc1nc(C)cs1. The predicted molar refractivity (Wildman–Crippen MR) is 67.6 cm³/mol. The van der Waals surface area contributed by atoms with Gasteiger partial charge in [-0.25, -0.2) is 4.98 Å². The number of rotatable bonds is 7. The van der Waals surface area contributed by atoms with Gasteiger partial charge in [-0.15, -0.1) is 11.3 Å². The molecule has 0 bridgehead atoms. The molecule has 0 saturated heterocycles. The zero-order valence-electron chi connectivity index (χ0n) is 9.19. The van der Waals surface area contributed by atoms with E-state index in [1.165, 1.54) is 0 Å². The molecule has 0 spiro atoms. The topological polar surface area (TPSA) is 45.1 Å². The molecule has 1 unspecified atom stereocenters. The molecule has 1 aromatic heterocycles. The molecule has 86 valence electrons. The molecular weight excluding hydrogens is 228 g/mol. The lowest BCUT2D eigenvalue weighted by molar-refractivity contribution is 0.239. The first-order valence-electron chi connectivity index (χ1n) is 5.00. The smallest absolute Gasteiger partial charge is 0.107 e. The summed E-state index contributed by atoms with van der Waals surface area (Å²) >= 11 is 3.47.